The Kier molecular flexibility index (Phi) is 7.44. The van der Waals surface area contributed by atoms with Crippen molar-refractivity contribution >= 4 is 27.6 Å². The van der Waals surface area contributed by atoms with Crippen LogP contribution < -0.4 is 9.46 Å². The number of hydrogen-bond donors (Lipinski definition) is 2. The lowest BCUT2D eigenvalue weighted by atomic mass is 9.92. The first-order chi connectivity index (χ1) is 14.1. The molecule has 0 saturated carbocycles. The fourth-order valence-corrected chi connectivity index (χ4v) is 3.81. The molecule has 2 aromatic rings. The Balaban J connectivity index is 2.73. The summed E-state index contributed by atoms with van der Waals surface area (Å²) in [4.78, 5) is 25.1. The molecule has 0 aliphatic heterocycles. The van der Waals surface area contributed by atoms with E-state index in [1.165, 1.54) is 14.0 Å². The first-order valence-corrected chi connectivity index (χ1v) is 11.2. The molecule has 0 bridgehead atoms. The van der Waals surface area contributed by atoms with Gasteiger partial charge in [0.25, 0.3) is 0 Å². The predicted octanol–water partition coefficient (Wildman–Crippen LogP) is 2.73. The van der Waals surface area contributed by atoms with Crippen molar-refractivity contribution in [3.8, 4) is 16.9 Å². The number of benzene rings is 2. The highest BCUT2D eigenvalue weighted by Gasteiger charge is 2.21. The van der Waals surface area contributed by atoms with Crippen LogP contribution in [0.5, 0.6) is 5.75 Å². The molecular weight excluding hydrogens is 408 g/mol. The normalized spacial score (nSPS) is 11.1. The lowest BCUT2D eigenvalue weighted by Crippen LogP contribution is -2.28. The van der Waals surface area contributed by atoms with Crippen LogP contribution in [0.4, 0.5) is 5.69 Å². The maximum atomic E-state index is 12.0. The van der Waals surface area contributed by atoms with E-state index in [4.69, 9.17) is 4.74 Å². The number of carboxylic acid groups (broad SMARTS) is 1. The number of amides is 1. The maximum Gasteiger partial charge on any atom is 0.307 e. The summed E-state index contributed by atoms with van der Waals surface area (Å²) in [5.74, 6) is -0.638. The van der Waals surface area contributed by atoms with Gasteiger partial charge in [0.05, 0.1) is 19.8 Å². The van der Waals surface area contributed by atoms with Crippen LogP contribution in [-0.2, 0) is 32.6 Å². The second-order valence-corrected chi connectivity index (χ2v) is 8.59. The van der Waals surface area contributed by atoms with Crippen molar-refractivity contribution in [2.45, 2.75) is 26.8 Å². The van der Waals surface area contributed by atoms with E-state index in [1.807, 2.05) is 6.92 Å². The van der Waals surface area contributed by atoms with Gasteiger partial charge in [-0.2, -0.15) is 0 Å². The fourth-order valence-electron chi connectivity index (χ4n) is 3.25. The van der Waals surface area contributed by atoms with Gasteiger partial charge in [-0.25, -0.2) is 8.42 Å². The smallest absolute Gasteiger partial charge is 0.307 e. The Morgan fingerprint density at radius 2 is 1.90 bits per heavy atom. The minimum atomic E-state index is -3.47. The number of sulfonamides is 1. The van der Waals surface area contributed by atoms with Gasteiger partial charge in [-0.3, -0.25) is 14.3 Å². The predicted molar refractivity (Wildman–Crippen MR) is 115 cm³/mol. The molecule has 0 aliphatic rings. The zero-order chi connectivity index (χ0) is 22.5. The summed E-state index contributed by atoms with van der Waals surface area (Å²) in [7, 11) is -1.97. The van der Waals surface area contributed by atoms with E-state index in [1.54, 1.807) is 41.3 Å². The molecule has 0 unspecified atom stereocenters. The van der Waals surface area contributed by atoms with Gasteiger partial charge >= 0.3 is 5.97 Å². The van der Waals surface area contributed by atoms with Gasteiger partial charge in [-0.05, 0) is 41.8 Å². The molecule has 162 valence electrons. The van der Waals surface area contributed by atoms with Crippen molar-refractivity contribution in [3.63, 3.8) is 0 Å². The molecule has 1 amide bonds. The molecule has 2 N–H and O–H groups in total. The third-order valence-corrected chi connectivity index (χ3v) is 5.17. The summed E-state index contributed by atoms with van der Waals surface area (Å²) in [6.07, 6.45) is 0.841. The van der Waals surface area contributed by atoms with Gasteiger partial charge in [-0.15, -0.1) is 0 Å². The molecule has 8 nitrogen and oxygen atoms in total. The Labute approximate surface area is 176 Å². The summed E-state index contributed by atoms with van der Waals surface area (Å²) in [5.41, 5.74) is 2.82. The highest BCUT2D eigenvalue weighted by Crippen LogP contribution is 2.37. The molecular formula is C21H26N2O6S. The van der Waals surface area contributed by atoms with Crippen LogP contribution in [-0.4, -0.2) is 50.2 Å². The van der Waals surface area contributed by atoms with Crippen LogP contribution in [0, 0.1) is 0 Å². The van der Waals surface area contributed by atoms with Crippen molar-refractivity contribution in [2.75, 3.05) is 24.6 Å². The van der Waals surface area contributed by atoms with Crippen LogP contribution >= 0.6 is 0 Å². The second kappa shape index (κ2) is 9.62. The number of carboxylic acids is 1. The van der Waals surface area contributed by atoms with Gasteiger partial charge in [0.1, 0.15) is 5.75 Å². The molecule has 0 spiro atoms. The van der Waals surface area contributed by atoms with Crippen LogP contribution in [0.3, 0.4) is 0 Å². The van der Waals surface area contributed by atoms with Gasteiger partial charge in [0.2, 0.25) is 15.9 Å². The fraction of sp³-hybridized carbons (Fsp3) is 0.333. The van der Waals surface area contributed by atoms with Crippen molar-refractivity contribution in [2.24, 2.45) is 0 Å². The molecule has 30 heavy (non-hydrogen) atoms. The summed E-state index contributed by atoms with van der Waals surface area (Å²) >= 11 is 0. The summed E-state index contributed by atoms with van der Waals surface area (Å²) in [6.45, 7) is 3.95. The Morgan fingerprint density at radius 3 is 2.43 bits per heavy atom. The van der Waals surface area contributed by atoms with Crippen molar-refractivity contribution in [1.82, 2.24) is 4.90 Å². The van der Waals surface area contributed by atoms with E-state index in [-0.39, 0.29) is 18.9 Å². The lowest BCUT2D eigenvalue weighted by Gasteiger charge is -2.24. The second-order valence-electron chi connectivity index (χ2n) is 6.84. The first-order valence-electron chi connectivity index (χ1n) is 9.30. The SMILES string of the molecule is CCN(Cc1c(CC(=O)O)ccc(OC)c1-c1cccc(NS(C)(=O)=O)c1)C(C)=O. The molecule has 0 atom stereocenters. The monoisotopic (exact) mass is 434 g/mol. The largest absolute Gasteiger partial charge is 0.496 e. The van der Waals surface area contributed by atoms with E-state index in [0.717, 1.165) is 6.26 Å². The number of carbonyl (C=O) groups is 2. The average molecular weight is 435 g/mol. The Morgan fingerprint density at radius 1 is 1.20 bits per heavy atom. The van der Waals surface area contributed by atoms with Gasteiger partial charge in [-0.1, -0.05) is 18.2 Å². The zero-order valence-electron chi connectivity index (χ0n) is 17.4. The molecule has 0 fully saturated rings. The lowest BCUT2D eigenvalue weighted by molar-refractivity contribution is -0.136. The van der Waals surface area contributed by atoms with Crippen LogP contribution in [0.2, 0.25) is 0 Å². The molecule has 2 rings (SSSR count). The summed E-state index contributed by atoms with van der Waals surface area (Å²) in [5, 5.41) is 9.36. The van der Waals surface area contributed by atoms with E-state index in [9.17, 15) is 23.1 Å². The number of aliphatic carboxylic acids is 1. The van der Waals surface area contributed by atoms with E-state index in [0.29, 0.717) is 40.2 Å². The Bertz CT molecular complexity index is 1050. The summed E-state index contributed by atoms with van der Waals surface area (Å²) in [6, 6.07) is 10.1. The topological polar surface area (TPSA) is 113 Å². The van der Waals surface area contributed by atoms with E-state index < -0.39 is 16.0 Å². The van der Waals surface area contributed by atoms with Crippen LogP contribution in [0.25, 0.3) is 11.1 Å². The number of methoxy groups -OCH3 is 1. The minimum Gasteiger partial charge on any atom is -0.496 e. The van der Waals surface area contributed by atoms with E-state index >= 15 is 0 Å². The maximum absolute atomic E-state index is 12.0. The number of carbonyl (C=O) groups excluding carboxylic acids is 1. The molecule has 0 radical (unpaired) electrons. The van der Waals surface area contributed by atoms with Crippen LogP contribution in [0.1, 0.15) is 25.0 Å². The molecule has 9 heteroatoms. The number of anilines is 1. The van der Waals surface area contributed by atoms with Crippen molar-refractivity contribution in [1.29, 1.82) is 0 Å². The third-order valence-electron chi connectivity index (χ3n) is 4.56. The van der Waals surface area contributed by atoms with Crippen molar-refractivity contribution < 1.29 is 27.9 Å². The van der Waals surface area contributed by atoms with Crippen molar-refractivity contribution in [3.05, 3.63) is 47.5 Å². The minimum absolute atomic E-state index is 0.139. The number of nitrogens with one attached hydrogen (secondary N) is 1. The number of rotatable bonds is 9. The highest BCUT2D eigenvalue weighted by molar-refractivity contribution is 7.92. The number of ether oxygens (including phenoxy) is 1. The van der Waals surface area contributed by atoms with Crippen LogP contribution in [0.15, 0.2) is 36.4 Å². The Hall–Kier alpha value is -3.07. The molecule has 0 heterocycles. The molecule has 0 aliphatic carbocycles. The molecule has 0 aromatic heterocycles. The third kappa shape index (κ3) is 5.96. The quantitative estimate of drug-likeness (QED) is 0.627. The number of nitrogens with zero attached hydrogens (tertiary/aromatic N) is 1. The summed E-state index contributed by atoms with van der Waals surface area (Å²) < 4.78 is 31.2. The standard InChI is InChI=1S/C21H26N2O6S/c1-5-23(14(2)24)13-18-15(12-20(25)26)9-10-19(29-3)21(18)16-7-6-8-17(11-16)22-30(4,27)28/h6-11,22H,5,12-13H2,1-4H3,(H,25,26). The molecule has 2 aromatic carbocycles. The van der Waals surface area contributed by atoms with Gasteiger partial charge < -0.3 is 14.7 Å². The van der Waals surface area contributed by atoms with Gasteiger partial charge in [0.15, 0.2) is 0 Å². The van der Waals surface area contributed by atoms with Gasteiger partial charge in [0, 0.05) is 31.3 Å². The van der Waals surface area contributed by atoms with E-state index in [2.05, 4.69) is 4.72 Å². The highest BCUT2D eigenvalue weighted by atomic mass is 32.2. The number of hydrogen-bond acceptors (Lipinski definition) is 5. The average Bonchev–Trinajstić information content (AvgIpc) is 2.64. The molecule has 0 saturated heterocycles. The zero-order valence-corrected chi connectivity index (χ0v) is 18.2. The first kappa shape index (κ1) is 23.2.